The van der Waals surface area contributed by atoms with Crippen LogP contribution in [0.4, 0.5) is 0 Å². The molecule has 6 atom stereocenters. The number of carbonyl (C=O) groups excluding carboxylic acids is 3. The number of amides is 2. The quantitative estimate of drug-likeness (QED) is 0.405. The van der Waals surface area contributed by atoms with Crippen molar-refractivity contribution in [1.29, 1.82) is 0 Å². The van der Waals surface area contributed by atoms with Gasteiger partial charge in [0.15, 0.2) is 0 Å². The minimum Gasteiger partial charge on any atom is -0.468 e. The molecule has 0 aromatic carbocycles. The van der Waals surface area contributed by atoms with Crippen molar-refractivity contribution < 1.29 is 19.1 Å². The van der Waals surface area contributed by atoms with Crippen molar-refractivity contribution >= 4 is 17.8 Å². The lowest BCUT2D eigenvalue weighted by atomic mass is 9.63. The smallest absolute Gasteiger partial charge is 0.325 e. The Morgan fingerprint density at radius 1 is 1.21 bits per heavy atom. The van der Waals surface area contributed by atoms with Crippen molar-refractivity contribution in [2.45, 2.75) is 6.42 Å². The zero-order chi connectivity index (χ0) is 13.3. The second kappa shape index (κ2) is 3.46. The van der Waals surface area contributed by atoms with E-state index in [9.17, 15) is 14.4 Å². The molecule has 2 amide bonds. The molecule has 1 saturated heterocycles. The summed E-state index contributed by atoms with van der Waals surface area (Å²) in [5.74, 6) is 0.253. The lowest BCUT2D eigenvalue weighted by Crippen LogP contribution is -2.40. The van der Waals surface area contributed by atoms with Crippen LogP contribution < -0.4 is 0 Å². The third-order valence-corrected chi connectivity index (χ3v) is 5.27. The SMILES string of the molecule is COC(=O)CN1C(=O)[C@@H]2[C@@H]3C=C[C@H]([C@@H]4C[C@H]34)[C@H]2C1=O. The Labute approximate surface area is 110 Å². The van der Waals surface area contributed by atoms with E-state index in [2.05, 4.69) is 16.9 Å². The Balaban J connectivity index is 1.66. The summed E-state index contributed by atoms with van der Waals surface area (Å²) in [4.78, 5) is 37.3. The topological polar surface area (TPSA) is 63.7 Å². The highest BCUT2D eigenvalue weighted by Gasteiger charge is 2.67. The Kier molecular flexibility index (Phi) is 2.04. The van der Waals surface area contributed by atoms with E-state index in [1.165, 1.54) is 7.11 Å². The second-order valence-corrected chi connectivity index (χ2v) is 5.99. The van der Waals surface area contributed by atoms with Crippen molar-refractivity contribution in [3.63, 3.8) is 0 Å². The van der Waals surface area contributed by atoms with Crippen LogP contribution in [-0.2, 0) is 19.1 Å². The highest BCUT2D eigenvalue weighted by molar-refractivity contribution is 6.07. The molecular formula is C14H15NO4. The van der Waals surface area contributed by atoms with Gasteiger partial charge in [-0.15, -0.1) is 0 Å². The molecule has 0 unspecified atom stereocenters. The van der Waals surface area contributed by atoms with Crippen LogP contribution in [0.2, 0.25) is 0 Å². The molecule has 1 aliphatic heterocycles. The Morgan fingerprint density at radius 2 is 1.74 bits per heavy atom. The zero-order valence-corrected chi connectivity index (χ0v) is 10.6. The molecule has 0 N–H and O–H groups in total. The monoisotopic (exact) mass is 261 g/mol. The van der Waals surface area contributed by atoms with Gasteiger partial charge < -0.3 is 4.74 Å². The number of carbonyl (C=O) groups is 3. The largest absolute Gasteiger partial charge is 0.468 e. The summed E-state index contributed by atoms with van der Waals surface area (Å²) < 4.78 is 4.56. The number of imide groups is 1. The number of hydrogen-bond donors (Lipinski definition) is 0. The predicted molar refractivity (Wildman–Crippen MR) is 63.4 cm³/mol. The first kappa shape index (κ1) is 11.2. The fourth-order valence-corrected chi connectivity index (χ4v) is 4.37. The number of rotatable bonds is 2. The van der Waals surface area contributed by atoms with Crippen LogP contribution in [0.25, 0.3) is 0 Å². The van der Waals surface area contributed by atoms with Gasteiger partial charge in [0.05, 0.1) is 18.9 Å². The van der Waals surface area contributed by atoms with E-state index in [1.807, 2.05) is 0 Å². The van der Waals surface area contributed by atoms with E-state index in [-0.39, 0.29) is 42.0 Å². The molecule has 4 aliphatic carbocycles. The molecule has 0 radical (unpaired) electrons. The molecule has 0 spiro atoms. The standard InChI is InChI=1S/C14H15NO4/c1-19-10(16)5-15-13(17)11-6-2-3-7(9-4-8(6)9)12(11)14(15)18/h2-3,6-9,11-12H,4-5H2,1H3/t6-,7-,8-,9+,11-,12-/m1/s1. The Bertz CT molecular complexity index is 490. The van der Waals surface area contributed by atoms with Crippen LogP contribution in [0.3, 0.4) is 0 Å². The summed E-state index contributed by atoms with van der Waals surface area (Å²) in [5.41, 5.74) is 0. The van der Waals surface area contributed by atoms with Gasteiger partial charge in [-0.25, -0.2) is 0 Å². The molecule has 0 aromatic rings. The van der Waals surface area contributed by atoms with Crippen LogP contribution >= 0.6 is 0 Å². The summed E-state index contributed by atoms with van der Waals surface area (Å²) in [5, 5.41) is 0. The summed E-state index contributed by atoms with van der Waals surface area (Å²) in [6.07, 6.45) is 5.38. The third-order valence-electron chi connectivity index (χ3n) is 5.27. The number of hydrogen-bond acceptors (Lipinski definition) is 4. The zero-order valence-electron chi connectivity index (χ0n) is 10.6. The van der Waals surface area contributed by atoms with Gasteiger partial charge in [0.2, 0.25) is 11.8 Å². The maximum atomic E-state index is 12.4. The molecule has 3 fully saturated rings. The van der Waals surface area contributed by atoms with Crippen LogP contribution in [0.1, 0.15) is 6.42 Å². The van der Waals surface area contributed by atoms with Crippen molar-refractivity contribution in [2.24, 2.45) is 35.5 Å². The van der Waals surface area contributed by atoms with Crippen molar-refractivity contribution in [3.8, 4) is 0 Å². The maximum absolute atomic E-state index is 12.4. The van der Waals surface area contributed by atoms with Gasteiger partial charge in [0, 0.05) is 0 Å². The Morgan fingerprint density at radius 3 is 2.21 bits per heavy atom. The molecule has 1 heterocycles. The first-order chi connectivity index (χ1) is 9.13. The minimum absolute atomic E-state index is 0.176. The average Bonchev–Trinajstić information content (AvgIpc) is 3.20. The van der Waals surface area contributed by atoms with Crippen molar-refractivity contribution in [1.82, 2.24) is 4.90 Å². The molecule has 5 aliphatic rings. The molecule has 5 nitrogen and oxygen atoms in total. The van der Waals surface area contributed by atoms with Gasteiger partial charge in [-0.1, -0.05) is 12.2 Å². The summed E-state index contributed by atoms with van der Waals surface area (Å²) in [6.45, 7) is -0.240. The van der Waals surface area contributed by atoms with Gasteiger partial charge in [0.25, 0.3) is 0 Å². The molecule has 19 heavy (non-hydrogen) atoms. The molecule has 5 rings (SSSR count). The molecule has 0 aromatic heterocycles. The number of nitrogens with zero attached hydrogens (tertiary/aromatic N) is 1. The molecule has 100 valence electrons. The van der Waals surface area contributed by atoms with E-state index in [0.29, 0.717) is 11.8 Å². The maximum Gasteiger partial charge on any atom is 0.325 e. The first-order valence-corrected chi connectivity index (χ1v) is 6.74. The van der Waals surface area contributed by atoms with Crippen molar-refractivity contribution in [3.05, 3.63) is 12.2 Å². The van der Waals surface area contributed by atoms with Gasteiger partial charge in [0.1, 0.15) is 6.54 Å². The highest BCUT2D eigenvalue weighted by Crippen LogP contribution is 2.65. The first-order valence-electron chi connectivity index (χ1n) is 6.74. The van der Waals surface area contributed by atoms with Crippen molar-refractivity contribution in [2.75, 3.05) is 13.7 Å². The number of allylic oxidation sites excluding steroid dienone is 2. The lowest BCUT2D eigenvalue weighted by molar-refractivity contribution is -0.151. The molecular weight excluding hydrogens is 246 g/mol. The second-order valence-electron chi connectivity index (χ2n) is 5.99. The van der Waals surface area contributed by atoms with Crippen LogP contribution in [0, 0.1) is 35.5 Å². The van der Waals surface area contributed by atoms with E-state index in [1.54, 1.807) is 0 Å². The summed E-state index contributed by atoms with van der Waals surface area (Å²) >= 11 is 0. The molecule has 2 bridgehead atoms. The number of ether oxygens (including phenoxy) is 1. The number of esters is 1. The fraction of sp³-hybridized carbons (Fsp3) is 0.643. The van der Waals surface area contributed by atoms with E-state index in [0.717, 1.165) is 11.3 Å². The highest BCUT2D eigenvalue weighted by atomic mass is 16.5. The Hall–Kier alpha value is -1.65. The van der Waals surface area contributed by atoms with Crippen LogP contribution in [0.15, 0.2) is 12.2 Å². The summed E-state index contributed by atoms with van der Waals surface area (Å²) in [6, 6.07) is 0. The molecule has 2 saturated carbocycles. The van der Waals surface area contributed by atoms with Crippen LogP contribution in [0.5, 0.6) is 0 Å². The predicted octanol–water partition coefficient (Wildman–Crippen LogP) is 0.212. The average molecular weight is 261 g/mol. The number of likely N-dealkylation sites (tertiary alicyclic amines) is 1. The van der Waals surface area contributed by atoms with Gasteiger partial charge >= 0.3 is 5.97 Å². The van der Waals surface area contributed by atoms with E-state index in [4.69, 9.17) is 0 Å². The van der Waals surface area contributed by atoms with E-state index < -0.39 is 5.97 Å². The fourth-order valence-electron chi connectivity index (χ4n) is 4.37. The normalized spacial score (nSPS) is 45.2. The van der Waals surface area contributed by atoms with Gasteiger partial charge in [-0.2, -0.15) is 0 Å². The lowest BCUT2D eigenvalue weighted by Gasteiger charge is -2.37. The number of methoxy groups -OCH3 is 1. The third kappa shape index (κ3) is 1.28. The molecule has 5 heteroatoms. The van der Waals surface area contributed by atoms with Crippen LogP contribution in [-0.4, -0.2) is 36.3 Å². The summed E-state index contributed by atoms with van der Waals surface area (Å²) in [7, 11) is 1.26. The minimum atomic E-state index is -0.536. The van der Waals surface area contributed by atoms with Gasteiger partial charge in [-0.05, 0) is 30.1 Å². The van der Waals surface area contributed by atoms with Gasteiger partial charge in [-0.3, -0.25) is 19.3 Å². The van der Waals surface area contributed by atoms with E-state index >= 15 is 0 Å².